The van der Waals surface area contributed by atoms with E-state index in [1.165, 1.54) is 11.8 Å². The topological polar surface area (TPSA) is 60.9 Å². The van der Waals surface area contributed by atoms with Crippen LogP contribution in [0.3, 0.4) is 0 Å². The van der Waals surface area contributed by atoms with Gasteiger partial charge in [0.2, 0.25) is 0 Å². The van der Waals surface area contributed by atoms with Gasteiger partial charge in [-0.15, -0.1) is 11.8 Å². The molecule has 3 rings (SSSR count). The van der Waals surface area contributed by atoms with Crippen molar-refractivity contribution in [3.63, 3.8) is 0 Å². The van der Waals surface area contributed by atoms with E-state index in [9.17, 15) is 18.0 Å². The van der Waals surface area contributed by atoms with E-state index in [4.69, 9.17) is 28.9 Å². The quantitative estimate of drug-likeness (QED) is 0.354. The van der Waals surface area contributed by atoms with Gasteiger partial charge in [0.25, 0.3) is 0 Å². The predicted molar refractivity (Wildman–Crippen MR) is 114 cm³/mol. The molecule has 10 heteroatoms. The van der Waals surface area contributed by atoms with Crippen LogP contribution in [0, 0.1) is 13.8 Å². The van der Waals surface area contributed by atoms with Crippen molar-refractivity contribution >= 4 is 46.6 Å². The van der Waals surface area contributed by atoms with Crippen LogP contribution in [0.4, 0.5) is 19.0 Å². The number of nitrogen functional groups attached to an aromatic ring is 1. The van der Waals surface area contributed by atoms with Gasteiger partial charge in [-0.25, -0.2) is 4.68 Å². The van der Waals surface area contributed by atoms with Gasteiger partial charge in [0.05, 0.1) is 21.2 Å². The lowest BCUT2D eigenvalue weighted by atomic mass is 9.98. The Hall–Kier alpha value is -2.16. The zero-order valence-electron chi connectivity index (χ0n) is 16.1. The normalized spacial score (nSPS) is 11.7. The molecular weight excluding hydrogens is 458 g/mol. The second-order valence-corrected chi connectivity index (χ2v) is 8.22. The lowest BCUT2D eigenvalue weighted by molar-refractivity contribution is -0.137. The van der Waals surface area contributed by atoms with Crippen LogP contribution >= 0.6 is 35.0 Å². The number of rotatable bonds is 4. The number of aromatic nitrogens is 2. The minimum atomic E-state index is -4.62. The molecule has 0 spiro atoms. The number of carbonyl (C=O) groups excluding carboxylic acids is 1. The van der Waals surface area contributed by atoms with Crippen molar-refractivity contribution in [2.45, 2.75) is 25.0 Å². The van der Waals surface area contributed by atoms with Crippen LogP contribution in [0.25, 0.3) is 5.69 Å². The van der Waals surface area contributed by atoms with Crippen molar-refractivity contribution in [2.24, 2.45) is 0 Å². The summed E-state index contributed by atoms with van der Waals surface area (Å²) in [5.74, 6) is -0.405. The highest BCUT2D eigenvalue weighted by atomic mass is 35.5. The fraction of sp³-hybridized carbons (Fsp3) is 0.200. The number of ketones is 1. The fourth-order valence-corrected chi connectivity index (χ4v) is 4.20. The largest absolute Gasteiger partial charge is 0.416 e. The number of alkyl halides is 3. The zero-order valence-corrected chi connectivity index (χ0v) is 18.4. The minimum Gasteiger partial charge on any atom is -0.383 e. The number of halogens is 5. The van der Waals surface area contributed by atoms with Crippen LogP contribution < -0.4 is 5.73 Å². The Morgan fingerprint density at radius 2 is 1.73 bits per heavy atom. The lowest BCUT2D eigenvalue weighted by Crippen LogP contribution is -2.10. The lowest BCUT2D eigenvalue weighted by Gasteiger charge is -2.13. The van der Waals surface area contributed by atoms with Gasteiger partial charge < -0.3 is 5.73 Å². The van der Waals surface area contributed by atoms with Gasteiger partial charge in [0.1, 0.15) is 16.5 Å². The van der Waals surface area contributed by atoms with Crippen LogP contribution in [0.5, 0.6) is 0 Å². The number of hydrogen-bond acceptors (Lipinski definition) is 4. The molecule has 3 aromatic rings. The van der Waals surface area contributed by atoms with E-state index in [1.807, 2.05) is 19.1 Å². The first-order valence-corrected chi connectivity index (χ1v) is 10.5. The summed E-state index contributed by atoms with van der Waals surface area (Å²) in [5.41, 5.74) is 7.46. The van der Waals surface area contributed by atoms with Crippen LogP contribution in [-0.4, -0.2) is 21.8 Å². The van der Waals surface area contributed by atoms with Gasteiger partial charge in [0.15, 0.2) is 5.78 Å². The van der Waals surface area contributed by atoms with Crippen molar-refractivity contribution in [1.82, 2.24) is 9.78 Å². The van der Waals surface area contributed by atoms with Crippen LogP contribution in [0.2, 0.25) is 10.0 Å². The van der Waals surface area contributed by atoms with Crippen molar-refractivity contribution in [2.75, 3.05) is 12.0 Å². The summed E-state index contributed by atoms with van der Waals surface area (Å²) >= 11 is 13.4. The molecule has 0 bridgehead atoms. The smallest absolute Gasteiger partial charge is 0.383 e. The number of benzene rings is 2. The highest BCUT2D eigenvalue weighted by molar-refractivity contribution is 7.98. The first-order chi connectivity index (χ1) is 14.0. The number of nitrogens with zero attached hydrogens (tertiary/aromatic N) is 2. The molecule has 1 aromatic heterocycles. The average Bonchev–Trinajstić information content (AvgIpc) is 2.98. The van der Waals surface area contributed by atoms with Crippen LogP contribution in [-0.2, 0) is 6.18 Å². The second kappa shape index (κ2) is 8.17. The van der Waals surface area contributed by atoms with Gasteiger partial charge in [0, 0.05) is 5.56 Å². The number of hydrogen-bond donors (Lipinski definition) is 1. The van der Waals surface area contributed by atoms with Crippen molar-refractivity contribution in [3.05, 3.63) is 68.2 Å². The van der Waals surface area contributed by atoms with Crippen molar-refractivity contribution in [3.8, 4) is 5.69 Å². The van der Waals surface area contributed by atoms with Crippen molar-refractivity contribution in [1.29, 1.82) is 0 Å². The van der Waals surface area contributed by atoms with Gasteiger partial charge in [-0.05, 0) is 43.9 Å². The molecule has 0 fully saturated rings. The summed E-state index contributed by atoms with van der Waals surface area (Å²) < 4.78 is 40.2. The molecule has 0 aliphatic rings. The molecule has 0 aliphatic carbocycles. The number of nitrogens with two attached hydrogens (primary N) is 1. The van der Waals surface area contributed by atoms with E-state index >= 15 is 0 Å². The molecule has 0 amide bonds. The third-order valence-electron chi connectivity index (χ3n) is 4.50. The molecule has 30 heavy (non-hydrogen) atoms. The van der Waals surface area contributed by atoms with Gasteiger partial charge in [-0.1, -0.05) is 40.9 Å². The fourth-order valence-electron chi connectivity index (χ4n) is 2.98. The summed E-state index contributed by atoms with van der Waals surface area (Å²) in [6.07, 6.45) is -2.91. The van der Waals surface area contributed by atoms with Crippen LogP contribution in [0.1, 0.15) is 32.6 Å². The summed E-state index contributed by atoms with van der Waals surface area (Å²) in [6.45, 7) is 3.66. The van der Waals surface area contributed by atoms with Crippen LogP contribution in [0.15, 0.2) is 35.4 Å². The van der Waals surface area contributed by atoms with E-state index < -0.39 is 11.7 Å². The summed E-state index contributed by atoms with van der Waals surface area (Å²) in [4.78, 5) is 13.3. The van der Waals surface area contributed by atoms with Gasteiger partial charge in [-0.3, -0.25) is 4.79 Å². The SMILES string of the molecule is CSc1nn(-c2c(Cl)cc(C(F)(F)F)cc2Cl)c(N)c1C(=O)c1cc(C)ccc1C. The third-order valence-corrected chi connectivity index (χ3v) is 5.75. The molecule has 1 heterocycles. The third kappa shape index (κ3) is 4.04. The molecule has 2 aromatic carbocycles. The second-order valence-electron chi connectivity index (χ2n) is 6.62. The van der Waals surface area contributed by atoms with Crippen molar-refractivity contribution < 1.29 is 18.0 Å². The molecule has 0 radical (unpaired) electrons. The summed E-state index contributed by atoms with van der Waals surface area (Å²) in [7, 11) is 0. The molecule has 158 valence electrons. The molecule has 4 nitrogen and oxygen atoms in total. The first-order valence-electron chi connectivity index (χ1n) is 8.56. The highest BCUT2D eigenvalue weighted by Gasteiger charge is 2.33. The average molecular weight is 474 g/mol. The Bertz CT molecular complexity index is 1140. The number of anilines is 1. The molecule has 0 saturated heterocycles. The van der Waals surface area contributed by atoms with E-state index in [0.29, 0.717) is 10.6 Å². The minimum absolute atomic E-state index is 0.0286. The van der Waals surface area contributed by atoms with E-state index in [2.05, 4.69) is 5.10 Å². The van der Waals surface area contributed by atoms with E-state index in [1.54, 1.807) is 19.2 Å². The Morgan fingerprint density at radius 3 is 2.27 bits per heavy atom. The number of carbonyl (C=O) groups is 1. The zero-order chi connectivity index (χ0) is 22.4. The first kappa shape index (κ1) is 22.5. The predicted octanol–water partition coefficient (Wildman–Crippen LogP) is 6.35. The standard InChI is InChI=1S/C20H16Cl2F3N3OS/c1-9-4-5-10(2)12(6-9)17(29)15-18(26)28(27-19(15)30-3)16-13(21)7-11(8-14(16)22)20(23,24)25/h4-8H,26H2,1-3H3. The summed E-state index contributed by atoms with van der Waals surface area (Å²) in [5, 5.41) is 4.03. The monoisotopic (exact) mass is 473 g/mol. The maximum atomic E-state index is 13.3. The highest BCUT2D eigenvalue weighted by Crippen LogP contribution is 2.39. The number of aryl methyl sites for hydroxylation is 2. The number of thioether (sulfide) groups is 1. The summed E-state index contributed by atoms with van der Waals surface area (Å²) in [6, 6.07) is 6.95. The Morgan fingerprint density at radius 1 is 1.13 bits per heavy atom. The van der Waals surface area contributed by atoms with Gasteiger partial charge >= 0.3 is 6.18 Å². The molecule has 2 N–H and O–H groups in total. The Kier molecular flexibility index (Phi) is 6.13. The molecule has 0 aliphatic heterocycles. The van der Waals surface area contributed by atoms with E-state index in [-0.39, 0.29) is 32.9 Å². The Labute approximate surface area is 185 Å². The maximum Gasteiger partial charge on any atom is 0.416 e. The van der Waals surface area contributed by atoms with E-state index in [0.717, 1.165) is 27.9 Å². The Balaban J connectivity index is 2.20. The van der Waals surface area contributed by atoms with Gasteiger partial charge in [-0.2, -0.15) is 18.3 Å². The molecule has 0 atom stereocenters. The maximum absolute atomic E-state index is 13.3. The molecule has 0 saturated carbocycles. The molecule has 0 unspecified atom stereocenters. The molecular formula is C20H16Cl2F3N3OS.